The summed E-state index contributed by atoms with van der Waals surface area (Å²) in [7, 11) is 1.33. The number of aryl methyl sites for hydroxylation is 1. The van der Waals surface area contributed by atoms with Crippen molar-refractivity contribution < 1.29 is 19.1 Å². The van der Waals surface area contributed by atoms with Crippen molar-refractivity contribution in [2.75, 3.05) is 7.11 Å². The Morgan fingerprint density at radius 1 is 1.26 bits per heavy atom. The number of rotatable bonds is 5. The average Bonchev–Trinajstić information content (AvgIpc) is 2.81. The van der Waals surface area contributed by atoms with Crippen molar-refractivity contribution in [1.82, 2.24) is 9.78 Å². The minimum atomic E-state index is -0.459. The number of hydrogen-bond donors (Lipinski definition) is 0. The van der Waals surface area contributed by atoms with E-state index in [1.54, 1.807) is 31.2 Å². The van der Waals surface area contributed by atoms with E-state index in [1.807, 2.05) is 0 Å². The molecule has 0 atom stereocenters. The molecule has 0 amide bonds. The Morgan fingerprint density at radius 2 is 1.91 bits per heavy atom. The summed E-state index contributed by atoms with van der Waals surface area (Å²) in [4.78, 5) is 22.8. The van der Waals surface area contributed by atoms with Gasteiger partial charge in [-0.1, -0.05) is 11.6 Å². The lowest BCUT2D eigenvalue weighted by Gasteiger charge is -2.09. The van der Waals surface area contributed by atoms with Gasteiger partial charge in [0.25, 0.3) is 0 Å². The number of ether oxygens (including phenoxy) is 2. The highest BCUT2D eigenvalue weighted by molar-refractivity contribution is 6.30. The first-order valence-corrected chi connectivity index (χ1v) is 7.40. The van der Waals surface area contributed by atoms with Crippen LogP contribution in [0.1, 0.15) is 24.6 Å². The van der Waals surface area contributed by atoms with E-state index < -0.39 is 5.97 Å². The molecule has 1 aromatic carbocycles. The molecular weight excluding hydrogens is 320 g/mol. The number of aromatic nitrogens is 2. The Morgan fingerprint density at radius 3 is 2.48 bits per heavy atom. The van der Waals surface area contributed by atoms with Gasteiger partial charge < -0.3 is 9.47 Å². The monoisotopic (exact) mass is 336 g/mol. The van der Waals surface area contributed by atoms with E-state index in [1.165, 1.54) is 18.7 Å². The number of esters is 2. The van der Waals surface area contributed by atoms with E-state index in [2.05, 4.69) is 9.84 Å². The smallest absolute Gasteiger partial charge is 0.309 e. The minimum absolute atomic E-state index is 0.178. The number of benzene rings is 1. The summed E-state index contributed by atoms with van der Waals surface area (Å²) in [6.45, 7) is 3.12. The molecule has 0 aliphatic carbocycles. The fourth-order valence-electron chi connectivity index (χ4n) is 2.15. The molecule has 122 valence electrons. The molecule has 0 unspecified atom stereocenters. The standard InChI is InChI=1S/C16H17ClN2O4/c1-10-14(8-9-15(21)22-3)16(23-11(2)20)19(18-10)13-6-4-12(17)5-7-13/h4-7H,8-9H2,1-3H3. The van der Waals surface area contributed by atoms with Crippen LogP contribution in [0.4, 0.5) is 0 Å². The number of methoxy groups -OCH3 is 1. The minimum Gasteiger partial charge on any atom is -0.469 e. The fourth-order valence-corrected chi connectivity index (χ4v) is 2.28. The second-order valence-corrected chi connectivity index (χ2v) is 5.36. The van der Waals surface area contributed by atoms with Gasteiger partial charge in [0.15, 0.2) is 0 Å². The number of nitrogens with zero attached hydrogens (tertiary/aromatic N) is 2. The van der Waals surface area contributed by atoms with Crippen LogP contribution in [-0.2, 0) is 20.7 Å². The van der Waals surface area contributed by atoms with E-state index in [9.17, 15) is 9.59 Å². The van der Waals surface area contributed by atoms with Crippen molar-refractivity contribution in [3.05, 3.63) is 40.5 Å². The van der Waals surface area contributed by atoms with Crippen LogP contribution in [0, 0.1) is 6.92 Å². The molecule has 1 heterocycles. The van der Waals surface area contributed by atoms with Crippen molar-refractivity contribution in [1.29, 1.82) is 0 Å². The summed E-state index contributed by atoms with van der Waals surface area (Å²) in [5.41, 5.74) is 2.08. The third-order valence-corrected chi connectivity index (χ3v) is 3.51. The highest BCUT2D eigenvalue weighted by Gasteiger charge is 2.20. The molecule has 0 radical (unpaired) electrons. The van der Waals surface area contributed by atoms with Crippen LogP contribution in [0.3, 0.4) is 0 Å². The molecule has 0 saturated carbocycles. The van der Waals surface area contributed by atoms with E-state index in [4.69, 9.17) is 16.3 Å². The molecule has 7 heteroatoms. The van der Waals surface area contributed by atoms with Gasteiger partial charge >= 0.3 is 11.9 Å². The summed E-state index contributed by atoms with van der Waals surface area (Å²) >= 11 is 5.89. The Bertz CT molecular complexity index is 722. The summed E-state index contributed by atoms with van der Waals surface area (Å²) in [6, 6.07) is 6.98. The maximum atomic E-state index is 11.4. The van der Waals surface area contributed by atoms with E-state index >= 15 is 0 Å². The van der Waals surface area contributed by atoms with Gasteiger partial charge in [-0.3, -0.25) is 9.59 Å². The second kappa shape index (κ2) is 7.28. The van der Waals surface area contributed by atoms with E-state index in [-0.39, 0.29) is 12.4 Å². The Labute approximate surface area is 139 Å². The first-order chi connectivity index (χ1) is 10.9. The van der Waals surface area contributed by atoms with Crippen LogP contribution in [0.5, 0.6) is 5.88 Å². The van der Waals surface area contributed by atoms with Gasteiger partial charge in [-0.05, 0) is 37.6 Å². The van der Waals surface area contributed by atoms with Crippen LogP contribution in [-0.4, -0.2) is 28.8 Å². The molecule has 0 spiro atoms. The van der Waals surface area contributed by atoms with Gasteiger partial charge in [0, 0.05) is 23.9 Å². The van der Waals surface area contributed by atoms with Crippen molar-refractivity contribution in [2.45, 2.75) is 26.7 Å². The number of carbonyl (C=O) groups excluding carboxylic acids is 2. The Kier molecular flexibility index (Phi) is 5.39. The zero-order valence-corrected chi connectivity index (χ0v) is 13.9. The van der Waals surface area contributed by atoms with Crippen molar-refractivity contribution in [2.24, 2.45) is 0 Å². The van der Waals surface area contributed by atoms with Crippen molar-refractivity contribution >= 4 is 23.5 Å². The summed E-state index contributed by atoms with van der Waals surface area (Å²) < 4.78 is 11.5. The Balaban J connectivity index is 2.43. The van der Waals surface area contributed by atoms with Gasteiger partial charge in [0.2, 0.25) is 5.88 Å². The maximum Gasteiger partial charge on any atom is 0.309 e. The lowest BCUT2D eigenvalue weighted by molar-refractivity contribution is -0.140. The van der Waals surface area contributed by atoms with Gasteiger partial charge in [0.05, 0.1) is 18.5 Å². The van der Waals surface area contributed by atoms with Crippen molar-refractivity contribution in [3.8, 4) is 11.6 Å². The van der Waals surface area contributed by atoms with Gasteiger partial charge in [-0.15, -0.1) is 0 Å². The predicted molar refractivity (Wildman–Crippen MR) is 85.0 cm³/mol. The van der Waals surface area contributed by atoms with Gasteiger partial charge in [-0.2, -0.15) is 5.10 Å². The highest BCUT2D eigenvalue weighted by Crippen LogP contribution is 2.28. The lowest BCUT2D eigenvalue weighted by Crippen LogP contribution is -2.09. The predicted octanol–water partition coefficient (Wildman–Crippen LogP) is 2.87. The molecule has 0 saturated heterocycles. The zero-order valence-electron chi connectivity index (χ0n) is 13.1. The average molecular weight is 337 g/mol. The topological polar surface area (TPSA) is 70.4 Å². The summed E-state index contributed by atoms with van der Waals surface area (Å²) in [5, 5.41) is 5.01. The van der Waals surface area contributed by atoms with E-state index in [0.717, 1.165) is 0 Å². The number of halogens is 1. The zero-order chi connectivity index (χ0) is 17.0. The third kappa shape index (κ3) is 4.10. The van der Waals surface area contributed by atoms with Gasteiger partial charge in [-0.25, -0.2) is 4.68 Å². The maximum absolute atomic E-state index is 11.4. The molecule has 0 fully saturated rings. The highest BCUT2D eigenvalue weighted by atomic mass is 35.5. The quantitative estimate of drug-likeness (QED) is 0.785. The first kappa shape index (κ1) is 17.0. The molecule has 0 aliphatic rings. The molecule has 0 aliphatic heterocycles. The molecule has 0 bridgehead atoms. The first-order valence-electron chi connectivity index (χ1n) is 7.02. The second-order valence-electron chi connectivity index (χ2n) is 4.93. The molecule has 2 rings (SSSR count). The molecule has 2 aromatic rings. The van der Waals surface area contributed by atoms with Crippen molar-refractivity contribution in [3.63, 3.8) is 0 Å². The Hall–Kier alpha value is -2.34. The van der Waals surface area contributed by atoms with Crippen LogP contribution < -0.4 is 4.74 Å². The normalized spacial score (nSPS) is 10.4. The molecular formula is C16H17ClN2O4. The van der Waals surface area contributed by atoms with Crippen LogP contribution in [0.25, 0.3) is 5.69 Å². The lowest BCUT2D eigenvalue weighted by atomic mass is 10.1. The SMILES string of the molecule is COC(=O)CCc1c(C)nn(-c2ccc(Cl)cc2)c1OC(C)=O. The van der Waals surface area contributed by atoms with E-state index in [0.29, 0.717) is 34.3 Å². The molecule has 0 N–H and O–H groups in total. The van der Waals surface area contributed by atoms with Crippen LogP contribution >= 0.6 is 11.6 Å². The number of carbonyl (C=O) groups is 2. The summed E-state index contributed by atoms with van der Waals surface area (Å²) in [5.74, 6) is -0.488. The number of hydrogen-bond acceptors (Lipinski definition) is 5. The molecule has 6 nitrogen and oxygen atoms in total. The largest absolute Gasteiger partial charge is 0.469 e. The third-order valence-electron chi connectivity index (χ3n) is 3.26. The fraction of sp³-hybridized carbons (Fsp3) is 0.312. The molecule has 1 aromatic heterocycles. The van der Waals surface area contributed by atoms with Gasteiger partial charge in [0.1, 0.15) is 0 Å². The molecule has 23 heavy (non-hydrogen) atoms. The van der Waals surface area contributed by atoms with Crippen LogP contribution in [0.2, 0.25) is 5.02 Å². The summed E-state index contributed by atoms with van der Waals surface area (Å²) in [6.07, 6.45) is 0.548. The van der Waals surface area contributed by atoms with Crippen LogP contribution in [0.15, 0.2) is 24.3 Å².